The van der Waals surface area contributed by atoms with Gasteiger partial charge in [0.15, 0.2) is 5.69 Å². The summed E-state index contributed by atoms with van der Waals surface area (Å²) in [6.45, 7) is 0. The summed E-state index contributed by atoms with van der Waals surface area (Å²) in [6, 6.07) is 9.20. The lowest BCUT2D eigenvalue weighted by Crippen LogP contribution is -2.99. The number of carboxylic acid groups (broad SMARTS) is 2. The molecule has 2 atom stereocenters. The first kappa shape index (κ1) is 17.8. The highest BCUT2D eigenvalue weighted by Crippen LogP contribution is 2.21. The smallest absolute Gasteiger partial charge is 0.336 e. The van der Waals surface area contributed by atoms with Crippen molar-refractivity contribution in [1.29, 1.82) is 0 Å². The lowest BCUT2D eigenvalue weighted by Gasteiger charge is -2.16. The Kier molecular flexibility index (Phi) is 5.42. The average molecular weight is 351 g/mol. The highest BCUT2D eigenvalue weighted by atomic mass is 32.2. The quantitative estimate of drug-likeness (QED) is 0.564. The van der Waals surface area contributed by atoms with E-state index in [-0.39, 0.29) is 33.0 Å². The van der Waals surface area contributed by atoms with Gasteiger partial charge in [-0.15, -0.1) is 0 Å². The van der Waals surface area contributed by atoms with E-state index in [0.717, 1.165) is 6.07 Å². The minimum absolute atomic E-state index is 0.0728. The summed E-state index contributed by atoms with van der Waals surface area (Å²) >= 11 is 0. The number of benzene rings is 2. The molecule has 4 N–H and O–H groups in total. The normalized spacial score (nSPS) is 13.2. The van der Waals surface area contributed by atoms with E-state index in [1.54, 1.807) is 0 Å². The zero-order chi connectivity index (χ0) is 17.9. The molecule has 0 heterocycles. The van der Waals surface area contributed by atoms with Crippen molar-refractivity contribution >= 4 is 28.4 Å². The van der Waals surface area contributed by atoms with Gasteiger partial charge < -0.3 is 15.4 Å². The van der Waals surface area contributed by atoms with E-state index < -0.39 is 28.0 Å². The van der Waals surface area contributed by atoms with Crippen molar-refractivity contribution in [1.82, 2.24) is 0 Å². The molecule has 2 rings (SSSR count). The summed E-state index contributed by atoms with van der Waals surface area (Å²) in [5, 5.41) is 37.2. The predicted octanol–water partition coefficient (Wildman–Crippen LogP) is 0.794. The minimum Gasteiger partial charge on any atom is -0.595 e. The van der Waals surface area contributed by atoms with E-state index in [9.17, 15) is 24.2 Å². The van der Waals surface area contributed by atoms with Gasteiger partial charge in [0.1, 0.15) is 0 Å². The first-order valence-electron chi connectivity index (χ1n) is 6.61. The second-order valence-corrected chi connectivity index (χ2v) is 6.19. The van der Waals surface area contributed by atoms with Gasteiger partial charge in [-0.05, 0) is 18.2 Å². The molecule has 0 amide bonds. The Morgan fingerprint density at radius 2 is 1.75 bits per heavy atom. The summed E-state index contributed by atoms with van der Waals surface area (Å²) in [7, 11) is -1.80. The van der Waals surface area contributed by atoms with Crippen LogP contribution in [0.15, 0.2) is 47.4 Å². The SMILES string of the molecule is O=C(O)c1ccc(CS(=O)c2ccccc2C(=O)O)c([NH+]([O-])O)c1. The number of aromatic carboxylic acids is 2. The summed E-state index contributed by atoms with van der Waals surface area (Å²) in [5.41, 5.74) is -0.454. The van der Waals surface area contributed by atoms with E-state index >= 15 is 0 Å². The largest absolute Gasteiger partial charge is 0.595 e. The van der Waals surface area contributed by atoms with Crippen molar-refractivity contribution in [2.75, 3.05) is 0 Å². The Labute approximate surface area is 138 Å². The van der Waals surface area contributed by atoms with Crippen LogP contribution in [-0.2, 0) is 16.6 Å². The van der Waals surface area contributed by atoms with Gasteiger partial charge in [0.2, 0.25) is 0 Å². The molecule has 2 aromatic rings. The van der Waals surface area contributed by atoms with Gasteiger partial charge in [-0.1, -0.05) is 18.2 Å². The van der Waals surface area contributed by atoms with E-state index in [1.165, 1.54) is 36.4 Å². The van der Waals surface area contributed by atoms with Gasteiger partial charge in [-0.25, -0.2) is 14.8 Å². The number of hydrogen-bond acceptors (Lipinski definition) is 5. The molecule has 9 heteroatoms. The van der Waals surface area contributed by atoms with E-state index in [1.807, 2.05) is 0 Å². The fraction of sp³-hybridized carbons (Fsp3) is 0.0667. The molecular formula is C15H13NO7S. The fourth-order valence-electron chi connectivity index (χ4n) is 2.10. The highest BCUT2D eigenvalue weighted by molar-refractivity contribution is 7.84. The van der Waals surface area contributed by atoms with Gasteiger partial charge in [0.25, 0.3) is 0 Å². The maximum absolute atomic E-state index is 12.5. The first-order valence-corrected chi connectivity index (χ1v) is 7.93. The summed E-state index contributed by atoms with van der Waals surface area (Å²) in [4.78, 5) is 22.2. The zero-order valence-corrected chi connectivity index (χ0v) is 12.9. The van der Waals surface area contributed by atoms with Crippen LogP contribution < -0.4 is 5.23 Å². The first-order chi connectivity index (χ1) is 11.3. The minimum atomic E-state index is -1.80. The van der Waals surface area contributed by atoms with E-state index in [0.29, 0.717) is 0 Å². The standard InChI is InChI=1S/C15H13NO7S/c17-14(18)9-5-6-10(12(7-9)16(21)22)8-24(23)13-4-2-1-3-11(13)15(19)20/h1-7,16,21H,8H2,(H,17,18)(H,19,20). The number of hydrogen-bond donors (Lipinski definition) is 4. The molecule has 0 aliphatic rings. The fourth-order valence-corrected chi connectivity index (χ4v) is 3.42. The molecule has 0 saturated heterocycles. The van der Waals surface area contributed by atoms with Crippen LogP contribution in [0.5, 0.6) is 0 Å². The Morgan fingerprint density at radius 3 is 2.33 bits per heavy atom. The van der Waals surface area contributed by atoms with Crippen LogP contribution in [-0.4, -0.2) is 31.6 Å². The highest BCUT2D eigenvalue weighted by Gasteiger charge is 2.19. The number of carbonyl (C=O) groups is 2. The summed E-state index contributed by atoms with van der Waals surface area (Å²) in [6.07, 6.45) is 0. The molecule has 2 unspecified atom stereocenters. The molecule has 126 valence electrons. The Morgan fingerprint density at radius 1 is 1.08 bits per heavy atom. The van der Waals surface area contributed by atoms with Crippen LogP contribution in [0, 0.1) is 5.21 Å². The number of nitrogens with one attached hydrogen (secondary N) is 1. The third kappa shape index (κ3) is 3.84. The molecule has 24 heavy (non-hydrogen) atoms. The third-order valence-corrected chi connectivity index (χ3v) is 4.66. The summed E-state index contributed by atoms with van der Waals surface area (Å²) < 4.78 is 12.5. The van der Waals surface area contributed by atoms with Gasteiger partial charge in [-0.3, -0.25) is 4.21 Å². The topological polar surface area (TPSA) is 139 Å². The maximum Gasteiger partial charge on any atom is 0.336 e. The molecule has 2 aromatic carbocycles. The van der Waals surface area contributed by atoms with Crippen LogP contribution in [0.3, 0.4) is 0 Å². The second kappa shape index (κ2) is 7.32. The van der Waals surface area contributed by atoms with E-state index in [2.05, 4.69) is 0 Å². The Bertz CT molecular complexity index is 819. The monoisotopic (exact) mass is 351 g/mol. The Balaban J connectivity index is 2.39. The van der Waals surface area contributed by atoms with Gasteiger partial charge >= 0.3 is 11.9 Å². The maximum atomic E-state index is 12.5. The van der Waals surface area contributed by atoms with Crippen molar-refractivity contribution in [3.8, 4) is 0 Å². The molecule has 0 spiro atoms. The van der Waals surface area contributed by atoms with Gasteiger partial charge in [0, 0.05) is 11.6 Å². The van der Waals surface area contributed by atoms with E-state index in [4.69, 9.17) is 10.2 Å². The Hall–Kier alpha value is -2.59. The van der Waals surface area contributed by atoms with Crippen molar-refractivity contribution in [3.05, 3.63) is 64.4 Å². The van der Waals surface area contributed by atoms with Crippen molar-refractivity contribution in [3.63, 3.8) is 0 Å². The van der Waals surface area contributed by atoms with Crippen LogP contribution in [0.1, 0.15) is 26.3 Å². The zero-order valence-electron chi connectivity index (χ0n) is 12.1. The van der Waals surface area contributed by atoms with Crippen molar-refractivity contribution < 1.29 is 34.4 Å². The molecule has 8 nitrogen and oxygen atoms in total. The van der Waals surface area contributed by atoms with Crippen molar-refractivity contribution in [2.45, 2.75) is 10.6 Å². The average Bonchev–Trinajstić information content (AvgIpc) is 2.54. The van der Waals surface area contributed by atoms with Gasteiger partial charge in [0.05, 0.1) is 32.6 Å². The van der Waals surface area contributed by atoms with Crippen LogP contribution in [0.4, 0.5) is 5.69 Å². The lowest BCUT2D eigenvalue weighted by atomic mass is 10.1. The lowest BCUT2D eigenvalue weighted by molar-refractivity contribution is -0.991. The number of quaternary nitrogens is 1. The predicted molar refractivity (Wildman–Crippen MR) is 82.7 cm³/mol. The number of carboxylic acids is 2. The molecule has 0 aliphatic carbocycles. The molecule has 0 aliphatic heterocycles. The number of rotatable bonds is 6. The van der Waals surface area contributed by atoms with Crippen LogP contribution in [0.25, 0.3) is 0 Å². The van der Waals surface area contributed by atoms with Crippen LogP contribution in [0.2, 0.25) is 0 Å². The molecule has 0 aromatic heterocycles. The van der Waals surface area contributed by atoms with Crippen molar-refractivity contribution in [2.24, 2.45) is 0 Å². The molecule has 0 bridgehead atoms. The molecule has 0 radical (unpaired) electrons. The molecular weight excluding hydrogens is 338 g/mol. The van der Waals surface area contributed by atoms with Crippen LogP contribution >= 0.6 is 0 Å². The third-order valence-electron chi connectivity index (χ3n) is 3.24. The van der Waals surface area contributed by atoms with Gasteiger partial charge in [-0.2, -0.15) is 5.23 Å². The summed E-state index contributed by atoms with van der Waals surface area (Å²) in [5.74, 6) is -2.76. The second-order valence-electron chi connectivity index (χ2n) is 4.77. The molecule has 0 fully saturated rings. The molecule has 0 saturated carbocycles.